The number of nitrogens with one attached hydrogen (secondary N) is 1. The number of hydrogen-bond donors (Lipinski definition) is 3. The minimum absolute atomic E-state index is 0.0760. The second-order valence-electron chi connectivity index (χ2n) is 5.25. The van der Waals surface area contributed by atoms with Crippen molar-refractivity contribution in [2.24, 2.45) is 17.4 Å². The molecule has 2 rings (SSSR count). The molecule has 2 unspecified atom stereocenters. The number of para-hydroxylation sites is 2. The van der Waals surface area contributed by atoms with Gasteiger partial charge in [0.1, 0.15) is 5.75 Å². The zero-order valence-corrected chi connectivity index (χ0v) is 11.9. The van der Waals surface area contributed by atoms with Crippen LogP contribution < -0.4 is 21.5 Å². The summed E-state index contributed by atoms with van der Waals surface area (Å²) in [7, 11) is 0. The van der Waals surface area contributed by atoms with Crippen molar-refractivity contribution in [1.29, 1.82) is 0 Å². The van der Waals surface area contributed by atoms with E-state index >= 15 is 0 Å². The van der Waals surface area contributed by atoms with Crippen LogP contribution in [-0.4, -0.2) is 24.5 Å². The highest BCUT2D eigenvalue weighted by atomic mass is 16.5. The molecule has 2 atom stereocenters. The third-order valence-electron chi connectivity index (χ3n) is 3.66. The fourth-order valence-corrected chi connectivity index (χ4v) is 2.50. The quantitative estimate of drug-likeness (QED) is 0.726. The Hall–Kier alpha value is -2.08. The smallest absolute Gasteiger partial charge is 0.229 e. The van der Waals surface area contributed by atoms with Gasteiger partial charge in [-0.25, -0.2) is 0 Å². The van der Waals surface area contributed by atoms with Crippen LogP contribution in [0, 0.1) is 5.92 Å². The molecule has 1 aliphatic carbocycles. The number of amides is 2. The van der Waals surface area contributed by atoms with E-state index in [1.54, 1.807) is 18.2 Å². The molecule has 0 aromatic heterocycles. The molecule has 1 aromatic rings. The molecule has 1 aromatic carbocycles. The number of carbonyl (C=O) groups is 2. The van der Waals surface area contributed by atoms with E-state index in [0.717, 1.165) is 19.3 Å². The fourth-order valence-electron chi connectivity index (χ4n) is 2.50. The molecule has 5 N–H and O–H groups in total. The number of ether oxygens (including phenoxy) is 1. The summed E-state index contributed by atoms with van der Waals surface area (Å²) >= 11 is 0. The molecular weight excluding hydrogens is 270 g/mol. The van der Waals surface area contributed by atoms with Gasteiger partial charge in [-0.3, -0.25) is 9.59 Å². The highest BCUT2D eigenvalue weighted by Crippen LogP contribution is 2.28. The largest absolute Gasteiger partial charge is 0.491 e. The number of benzene rings is 1. The molecule has 0 aliphatic heterocycles. The zero-order chi connectivity index (χ0) is 15.2. The zero-order valence-electron chi connectivity index (χ0n) is 11.9. The lowest BCUT2D eigenvalue weighted by Crippen LogP contribution is -2.34. The lowest BCUT2D eigenvalue weighted by Gasteiger charge is -2.17. The summed E-state index contributed by atoms with van der Waals surface area (Å²) < 4.78 is 5.49. The van der Waals surface area contributed by atoms with E-state index in [1.807, 2.05) is 6.07 Å². The number of nitrogens with two attached hydrogens (primary N) is 2. The van der Waals surface area contributed by atoms with Crippen molar-refractivity contribution in [1.82, 2.24) is 0 Å². The van der Waals surface area contributed by atoms with Gasteiger partial charge in [-0.2, -0.15) is 0 Å². The van der Waals surface area contributed by atoms with Crippen LogP contribution in [-0.2, 0) is 9.59 Å². The van der Waals surface area contributed by atoms with Crippen molar-refractivity contribution >= 4 is 17.5 Å². The molecule has 21 heavy (non-hydrogen) atoms. The molecule has 0 heterocycles. The first kappa shape index (κ1) is 15.3. The van der Waals surface area contributed by atoms with Crippen molar-refractivity contribution in [2.75, 3.05) is 11.9 Å². The van der Waals surface area contributed by atoms with Crippen LogP contribution in [0.4, 0.5) is 5.69 Å². The highest BCUT2D eigenvalue weighted by molar-refractivity contribution is 5.94. The van der Waals surface area contributed by atoms with Crippen molar-refractivity contribution in [3.63, 3.8) is 0 Å². The standard InChI is InChI=1S/C15H21N3O3/c16-11-5-3-4-10(11)15(20)18-12-6-1-2-7-13(12)21-9-8-14(17)19/h1-2,6-7,10-11H,3-5,8-9,16H2,(H2,17,19)(H,18,20). The third-order valence-corrected chi connectivity index (χ3v) is 3.66. The van der Waals surface area contributed by atoms with Crippen molar-refractivity contribution in [3.8, 4) is 5.75 Å². The SMILES string of the molecule is NC(=O)CCOc1ccccc1NC(=O)C1CCCC1N. The van der Waals surface area contributed by atoms with E-state index in [1.165, 1.54) is 0 Å². The van der Waals surface area contributed by atoms with E-state index in [2.05, 4.69) is 5.32 Å². The van der Waals surface area contributed by atoms with Gasteiger partial charge in [0.2, 0.25) is 11.8 Å². The average molecular weight is 291 g/mol. The van der Waals surface area contributed by atoms with Gasteiger partial charge in [-0.15, -0.1) is 0 Å². The topological polar surface area (TPSA) is 107 Å². The summed E-state index contributed by atoms with van der Waals surface area (Å²) in [6.45, 7) is 0.186. The predicted octanol–water partition coefficient (Wildman–Crippen LogP) is 1.01. The second kappa shape index (κ2) is 7.08. The summed E-state index contributed by atoms with van der Waals surface area (Å²) in [5.41, 5.74) is 11.6. The second-order valence-corrected chi connectivity index (χ2v) is 5.25. The van der Waals surface area contributed by atoms with Gasteiger partial charge < -0.3 is 21.5 Å². The Morgan fingerprint density at radius 2 is 2.05 bits per heavy atom. The maximum absolute atomic E-state index is 12.2. The third kappa shape index (κ3) is 4.19. The van der Waals surface area contributed by atoms with Gasteiger partial charge >= 0.3 is 0 Å². The van der Waals surface area contributed by atoms with E-state index in [4.69, 9.17) is 16.2 Å². The summed E-state index contributed by atoms with van der Waals surface area (Å²) in [4.78, 5) is 23.0. The molecule has 0 spiro atoms. The maximum Gasteiger partial charge on any atom is 0.229 e. The Morgan fingerprint density at radius 1 is 1.29 bits per heavy atom. The number of primary amides is 1. The van der Waals surface area contributed by atoms with Gasteiger partial charge in [0.05, 0.1) is 24.6 Å². The maximum atomic E-state index is 12.2. The predicted molar refractivity (Wildman–Crippen MR) is 79.7 cm³/mol. The molecule has 0 radical (unpaired) electrons. The molecule has 114 valence electrons. The van der Waals surface area contributed by atoms with E-state index in [9.17, 15) is 9.59 Å². The lowest BCUT2D eigenvalue weighted by atomic mass is 10.0. The van der Waals surface area contributed by atoms with E-state index in [-0.39, 0.29) is 30.9 Å². The number of hydrogen-bond acceptors (Lipinski definition) is 4. The summed E-state index contributed by atoms with van der Waals surface area (Å²) in [6, 6.07) is 7.04. The number of rotatable bonds is 6. The van der Waals surface area contributed by atoms with Crippen LogP contribution >= 0.6 is 0 Å². The highest BCUT2D eigenvalue weighted by Gasteiger charge is 2.30. The molecule has 1 fully saturated rings. The molecule has 0 saturated heterocycles. The van der Waals surface area contributed by atoms with Gasteiger partial charge in [0.25, 0.3) is 0 Å². The Bertz CT molecular complexity index is 519. The molecule has 2 amide bonds. The minimum atomic E-state index is -0.423. The first-order chi connectivity index (χ1) is 10.1. The van der Waals surface area contributed by atoms with E-state index in [0.29, 0.717) is 11.4 Å². The summed E-state index contributed by atoms with van der Waals surface area (Å²) in [6.07, 6.45) is 2.82. The van der Waals surface area contributed by atoms with Gasteiger partial charge in [0.15, 0.2) is 0 Å². The van der Waals surface area contributed by atoms with Crippen LogP contribution in [0.25, 0.3) is 0 Å². The average Bonchev–Trinajstić information content (AvgIpc) is 2.86. The van der Waals surface area contributed by atoms with Crippen LogP contribution in [0.15, 0.2) is 24.3 Å². The number of anilines is 1. The van der Waals surface area contributed by atoms with Crippen molar-refractivity contribution in [3.05, 3.63) is 24.3 Å². The Morgan fingerprint density at radius 3 is 2.71 bits per heavy atom. The minimum Gasteiger partial charge on any atom is -0.491 e. The molecule has 1 aliphatic rings. The normalized spacial score (nSPS) is 21.0. The first-order valence-electron chi connectivity index (χ1n) is 7.14. The fraction of sp³-hybridized carbons (Fsp3) is 0.467. The monoisotopic (exact) mass is 291 g/mol. The van der Waals surface area contributed by atoms with Crippen molar-refractivity contribution < 1.29 is 14.3 Å². The number of carbonyl (C=O) groups excluding carboxylic acids is 2. The molecule has 1 saturated carbocycles. The Kier molecular flexibility index (Phi) is 5.16. The van der Waals surface area contributed by atoms with Gasteiger partial charge in [-0.05, 0) is 25.0 Å². The Labute approximate surface area is 123 Å². The summed E-state index contributed by atoms with van der Waals surface area (Å²) in [5.74, 6) is -0.123. The summed E-state index contributed by atoms with van der Waals surface area (Å²) in [5, 5.41) is 2.86. The van der Waals surface area contributed by atoms with Gasteiger partial charge in [-0.1, -0.05) is 18.6 Å². The molecule has 6 heteroatoms. The van der Waals surface area contributed by atoms with E-state index < -0.39 is 5.91 Å². The lowest BCUT2D eigenvalue weighted by molar-refractivity contribution is -0.120. The molecular formula is C15H21N3O3. The van der Waals surface area contributed by atoms with Gasteiger partial charge in [0, 0.05) is 6.04 Å². The van der Waals surface area contributed by atoms with Crippen LogP contribution in [0.2, 0.25) is 0 Å². The van der Waals surface area contributed by atoms with Crippen LogP contribution in [0.3, 0.4) is 0 Å². The molecule has 0 bridgehead atoms. The molecule has 6 nitrogen and oxygen atoms in total. The first-order valence-corrected chi connectivity index (χ1v) is 7.14. The van der Waals surface area contributed by atoms with Crippen LogP contribution in [0.5, 0.6) is 5.75 Å². The Balaban J connectivity index is 1.99. The van der Waals surface area contributed by atoms with Crippen molar-refractivity contribution in [2.45, 2.75) is 31.7 Å². The van der Waals surface area contributed by atoms with Crippen LogP contribution in [0.1, 0.15) is 25.7 Å².